The Hall–Kier alpha value is -1.57. The molecule has 1 fully saturated rings. The summed E-state index contributed by atoms with van der Waals surface area (Å²) in [5.74, 6) is 0.277. The van der Waals surface area contributed by atoms with Gasteiger partial charge in [-0.3, -0.25) is 4.79 Å². The maximum Gasteiger partial charge on any atom is 0.227 e. The first-order valence-corrected chi connectivity index (χ1v) is 5.89. The van der Waals surface area contributed by atoms with Gasteiger partial charge in [0.2, 0.25) is 5.91 Å². The number of fused-ring (bicyclic) bond motifs is 2. The number of hydrogen-bond donors (Lipinski definition) is 0. The summed E-state index contributed by atoms with van der Waals surface area (Å²) < 4.78 is 0. The van der Waals surface area contributed by atoms with Gasteiger partial charge in [0.1, 0.15) is 0 Å². The molecule has 0 N–H and O–H groups in total. The normalized spacial score (nSPS) is 23.6. The Morgan fingerprint density at radius 3 is 2.94 bits per heavy atom. The second-order valence-electron chi connectivity index (χ2n) is 4.56. The lowest BCUT2D eigenvalue weighted by Crippen LogP contribution is -2.37. The van der Waals surface area contributed by atoms with E-state index in [1.165, 1.54) is 16.8 Å². The second kappa shape index (κ2) is 3.48. The molecule has 1 amide bonds. The summed E-state index contributed by atoms with van der Waals surface area (Å²) in [6.07, 6.45) is 4.90. The number of piperidine rings is 1. The summed E-state index contributed by atoms with van der Waals surface area (Å²) in [4.78, 5) is 13.9. The number of benzene rings is 1. The minimum Gasteiger partial charge on any atom is -0.309 e. The third-order valence-corrected chi connectivity index (χ3v) is 3.56. The van der Waals surface area contributed by atoms with Gasteiger partial charge >= 0.3 is 0 Å². The fourth-order valence-electron chi connectivity index (χ4n) is 2.77. The van der Waals surface area contributed by atoms with Gasteiger partial charge < -0.3 is 4.90 Å². The van der Waals surface area contributed by atoms with E-state index in [-0.39, 0.29) is 11.9 Å². The van der Waals surface area contributed by atoms with Crippen molar-refractivity contribution in [2.75, 3.05) is 0 Å². The van der Waals surface area contributed by atoms with Gasteiger partial charge in [-0.15, -0.1) is 0 Å². The summed E-state index contributed by atoms with van der Waals surface area (Å²) in [5, 5.41) is 0. The first-order chi connectivity index (χ1) is 7.77. The van der Waals surface area contributed by atoms with E-state index >= 15 is 0 Å². The molecule has 2 heterocycles. The zero-order valence-electron chi connectivity index (χ0n) is 9.44. The summed E-state index contributed by atoms with van der Waals surface area (Å²) in [6.45, 7) is 2.12. The van der Waals surface area contributed by atoms with Gasteiger partial charge in [-0.25, -0.2) is 0 Å². The van der Waals surface area contributed by atoms with Crippen LogP contribution in [-0.4, -0.2) is 10.8 Å². The molecule has 2 aliphatic heterocycles. The van der Waals surface area contributed by atoms with Crippen LogP contribution in [0.2, 0.25) is 0 Å². The number of carbonyl (C=O) groups is 1. The topological polar surface area (TPSA) is 20.3 Å². The molecular weight excluding hydrogens is 198 g/mol. The molecule has 2 heteroatoms. The number of carbonyl (C=O) groups excluding carboxylic acids is 1. The molecule has 0 aliphatic carbocycles. The Balaban J connectivity index is 2.13. The molecule has 2 aliphatic rings. The third kappa shape index (κ3) is 1.29. The summed E-state index contributed by atoms with van der Waals surface area (Å²) in [5.41, 5.74) is 3.74. The molecule has 1 atom stereocenters. The van der Waals surface area contributed by atoms with Crippen molar-refractivity contribution in [2.45, 2.75) is 32.2 Å². The number of rotatable bonds is 0. The Morgan fingerprint density at radius 1 is 1.25 bits per heavy atom. The van der Waals surface area contributed by atoms with E-state index in [1.807, 2.05) is 11.0 Å². The molecule has 82 valence electrons. The quantitative estimate of drug-likeness (QED) is 0.648. The molecule has 1 unspecified atom stereocenters. The monoisotopic (exact) mass is 213 g/mol. The van der Waals surface area contributed by atoms with Crippen LogP contribution in [-0.2, 0) is 4.79 Å². The van der Waals surface area contributed by atoms with Gasteiger partial charge in [0.05, 0.1) is 6.04 Å². The summed E-state index contributed by atoms with van der Waals surface area (Å²) >= 11 is 0. The molecule has 3 rings (SSSR count). The van der Waals surface area contributed by atoms with Crippen LogP contribution in [0.4, 0.5) is 0 Å². The summed E-state index contributed by atoms with van der Waals surface area (Å²) in [7, 11) is 0. The zero-order valence-corrected chi connectivity index (χ0v) is 9.44. The van der Waals surface area contributed by atoms with Gasteiger partial charge in [-0.2, -0.15) is 0 Å². The summed E-state index contributed by atoms with van der Waals surface area (Å²) in [6, 6.07) is 8.56. The largest absolute Gasteiger partial charge is 0.309 e. The van der Waals surface area contributed by atoms with Crippen LogP contribution in [0.5, 0.6) is 0 Å². The predicted molar refractivity (Wildman–Crippen MR) is 63.5 cm³/mol. The lowest BCUT2D eigenvalue weighted by Gasteiger charge is -2.38. The Labute approximate surface area is 95.6 Å². The van der Waals surface area contributed by atoms with Gasteiger partial charge in [0.25, 0.3) is 0 Å². The number of hydrogen-bond acceptors (Lipinski definition) is 1. The Bertz CT molecular complexity index is 475. The molecule has 0 aromatic heterocycles. The lowest BCUT2D eigenvalue weighted by atomic mass is 9.91. The van der Waals surface area contributed by atoms with Gasteiger partial charge in [-0.05, 0) is 37.0 Å². The second-order valence-corrected chi connectivity index (χ2v) is 4.56. The predicted octanol–water partition coefficient (Wildman–Crippen LogP) is 3.11. The van der Waals surface area contributed by atoms with Crippen molar-refractivity contribution in [1.29, 1.82) is 0 Å². The highest BCUT2D eigenvalue weighted by Gasteiger charge is 2.31. The van der Waals surface area contributed by atoms with Crippen molar-refractivity contribution in [3.8, 4) is 0 Å². The van der Waals surface area contributed by atoms with E-state index in [1.54, 1.807) is 0 Å². The molecule has 0 radical (unpaired) electrons. The molecule has 1 saturated heterocycles. The van der Waals surface area contributed by atoms with Gasteiger partial charge in [0.15, 0.2) is 0 Å². The van der Waals surface area contributed by atoms with Crippen LogP contribution in [0.15, 0.2) is 30.0 Å². The fourth-order valence-corrected chi connectivity index (χ4v) is 2.77. The third-order valence-electron chi connectivity index (χ3n) is 3.56. The first-order valence-electron chi connectivity index (χ1n) is 5.89. The van der Waals surface area contributed by atoms with Crippen LogP contribution < -0.4 is 0 Å². The molecule has 2 nitrogen and oxygen atoms in total. The van der Waals surface area contributed by atoms with Gasteiger partial charge in [0, 0.05) is 12.1 Å². The van der Waals surface area contributed by atoms with E-state index in [4.69, 9.17) is 0 Å². The number of nitrogens with zero attached hydrogens (tertiary/aromatic N) is 1. The number of amides is 1. The van der Waals surface area contributed by atoms with Crippen LogP contribution in [0.1, 0.15) is 43.4 Å². The molecule has 0 bridgehead atoms. The minimum atomic E-state index is 0.198. The highest BCUT2D eigenvalue weighted by molar-refractivity contribution is 5.82. The van der Waals surface area contributed by atoms with E-state index < -0.39 is 0 Å². The van der Waals surface area contributed by atoms with Crippen molar-refractivity contribution in [3.05, 3.63) is 41.1 Å². The molecule has 1 aromatic rings. The molecule has 1 aromatic carbocycles. The van der Waals surface area contributed by atoms with E-state index in [9.17, 15) is 4.79 Å². The average molecular weight is 213 g/mol. The zero-order chi connectivity index (χ0) is 11.1. The number of allylic oxidation sites excluding steroid dienone is 1. The SMILES string of the molecule is CC1c2ccccc2C=C2CCCC(=O)N21. The molecule has 0 saturated carbocycles. The van der Waals surface area contributed by atoms with Crippen LogP contribution in [0.25, 0.3) is 6.08 Å². The van der Waals surface area contributed by atoms with E-state index in [0.29, 0.717) is 6.42 Å². The highest BCUT2D eigenvalue weighted by Crippen LogP contribution is 2.38. The van der Waals surface area contributed by atoms with Crippen molar-refractivity contribution < 1.29 is 4.79 Å². The van der Waals surface area contributed by atoms with Crippen LogP contribution in [0.3, 0.4) is 0 Å². The fraction of sp³-hybridized carbons (Fsp3) is 0.357. The first kappa shape index (κ1) is 9.64. The maximum atomic E-state index is 11.9. The minimum absolute atomic E-state index is 0.198. The van der Waals surface area contributed by atoms with E-state index in [0.717, 1.165) is 12.8 Å². The van der Waals surface area contributed by atoms with Crippen molar-refractivity contribution >= 4 is 12.0 Å². The maximum absolute atomic E-state index is 11.9. The standard InChI is InChI=1S/C14H15NO/c1-10-13-7-3-2-5-11(13)9-12-6-4-8-14(16)15(10)12/h2-3,5,7,9-10H,4,6,8H2,1H3. The van der Waals surface area contributed by atoms with Crippen LogP contribution >= 0.6 is 0 Å². The van der Waals surface area contributed by atoms with Crippen molar-refractivity contribution in [1.82, 2.24) is 4.90 Å². The molecule has 16 heavy (non-hydrogen) atoms. The Kier molecular flexibility index (Phi) is 2.10. The van der Waals surface area contributed by atoms with Crippen molar-refractivity contribution in [2.24, 2.45) is 0 Å². The van der Waals surface area contributed by atoms with Crippen LogP contribution in [0, 0.1) is 0 Å². The Morgan fingerprint density at radius 2 is 2.06 bits per heavy atom. The smallest absolute Gasteiger partial charge is 0.227 e. The average Bonchev–Trinajstić information content (AvgIpc) is 2.29. The lowest BCUT2D eigenvalue weighted by molar-refractivity contribution is -0.132. The molecule has 0 spiro atoms. The van der Waals surface area contributed by atoms with Gasteiger partial charge in [-0.1, -0.05) is 24.3 Å². The van der Waals surface area contributed by atoms with E-state index in [2.05, 4.69) is 31.2 Å². The molecular formula is C14H15NO. The van der Waals surface area contributed by atoms with Crippen molar-refractivity contribution in [3.63, 3.8) is 0 Å². The highest BCUT2D eigenvalue weighted by atomic mass is 16.2.